The van der Waals surface area contributed by atoms with Crippen molar-refractivity contribution in [3.05, 3.63) is 5.51 Å². The molecule has 5 nitrogen and oxygen atoms in total. The topological polar surface area (TPSA) is 72.0 Å². The molecule has 0 aliphatic rings. The molecule has 1 N–H and O–H groups in total. The number of nitrogens with zero attached hydrogens (tertiary/aromatic N) is 2. The van der Waals surface area contributed by atoms with E-state index < -0.39 is 10.0 Å². The fourth-order valence-corrected chi connectivity index (χ4v) is 3.17. The van der Waals surface area contributed by atoms with Crippen molar-refractivity contribution in [2.45, 2.75) is 6.92 Å². The average molecular weight is 256 g/mol. The molecule has 0 spiro atoms. The van der Waals surface area contributed by atoms with Gasteiger partial charge >= 0.3 is 0 Å². The van der Waals surface area contributed by atoms with E-state index >= 15 is 0 Å². The quantitative estimate of drug-likeness (QED) is 0.802. The van der Waals surface area contributed by atoms with Crippen LogP contribution in [-0.2, 0) is 10.0 Å². The Morgan fingerprint density at radius 2 is 2.43 bits per heavy atom. The molecule has 0 radical (unpaired) electrons. The van der Waals surface area contributed by atoms with Gasteiger partial charge in [-0.2, -0.15) is 0 Å². The number of nitrogens with one attached hydrogen (secondary N) is 1. The van der Waals surface area contributed by atoms with Gasteiger partial charge in [0.2, 0.25) is 15.2 Å². The van der Waals surface area contributed by atoms with Crippen LogP contribution < -0.4 is 4.72 Å². The maximum atomic E-state index is 11.4. The molecule has 14 heavy (non-hydrogen) atoms. The predicted molar refractivity (Wildman–Crippen MR) is 57.2 cm³/mol. The zero-order chi connectivity index (χ0) is 10.6. The minimum Gasteiger partial charge on any atom is -0.257 e. The highest BCUT2D eigenvalue weighted by atomic mass is 35.5. The van der Waals surface area contributed by atoms with Crippen LogP contribution in [-0.4, -0.2) is 30.2 Å². The Balaban J connectivity index is 2.59. The Morgan fingerprint density at radius 1 is 1.71 bits per heavy atom. The lowest BCUT2D eigenvalue weighted by molar-refractivity contribution is 0.588. The zero-order valence-electron chi connectivity index (χ0n) is 7.47. The van der Waals surface area contributed by atoms with Crippen LogP contribution in [0.15, 0.2) is 5.51 Å². The van der Waals surface area contributed by atoms with E-state index in [9.17, 15) is 8.42 Å². The van der Waals surface area contributed by atoms with Crippen molar-refractivity contribution in [3.8, 4) is 0 Å². The molecule has 1 unspecified atom stereocenters. The first-order chi connectivity index (χ1) is 6.53. The third-order valence-corrected chi connectivity index (χ3v) is 4.15. The number of halogens is 1. The largest absolute Gasteiger partial charge is 0.257 e. The van der Waals surface area contributed by atoms with Crippen LogP contribution in [0.2, 0.25) is 0 Å². The van der Waals surface area contributed by atoms with Crippen molar-refractivity contribution in [1.82, 2.24) is 10.2 Å². The van der Waals surface area contributed by atoms with E-state index in [4.69, 9.17) is 11.6 Å². The third kappa shape index (κ3) is 3.77. The highest BCUT2D eigenvalue weighted by Crippen LogP contribution is 2.12. The van der Waals surface area contributed by atoms with E-state index in [1.807, 2.05) is 0 Å². The molecule has 0 bridgehead atoms. The average Bonchev–Trinajstić information content (AvgIpc) is 2.54. The van der Waals surface area contributed by atoms with Gasteiger partial charge in [0.25, 0.3) is 0 Å². The molecule has 1 atom stereocenters. The minimum absolute atomic E-state index is 0.00389. The van der Waals surface area contributed by atoms with Crippen molar-refractivity contribution < 1.29 is 8.42 Å². The van der Waals surface area contributed by atoms with Crippen LogP contribution in [0, 0.1) is 5.92 Å². The molecule has 0 aromatic carbocycles. The second-order valence-corrected chi connectivity index (χ2v) is 5.80. The Labute approximate surface area is 91.6 Å². The molecule has 1 rings (SSSR count). The van der Waals surface area contributed by atoms with Crippen LogP contribution in [0.5, 0.6) is 0 Å². The summed E-state index contributed by atoms with van der Waals surface area (Å²) in [4.78, 5) is 0. The Morgan fingerprint density at radius 3 is 2.93 bits per heavy atom. The van der Waals surface area contributed by atoms with Gasteiger partial charge in [-0.3, -0.25) is 4.72 Å². The number of anilines is 1. The lowest BCUT2D eigenvalue weighted by atomic mass is 10.3. The number of hydrogen-bond donors (Lipinski definition) is 1. The lowest BCUT2D eigenvalue weighted by Crippen LogP contribution is -2.22. The SMILES string of the molecule is CC(CCl)CS(=O)(=O)Nc1nncs1. The van der Waals surface area contributed by atoms with Gasteiger partial charge < -0.3 is 0 Å². The summed E-state index contributed by atoms with van der Waals surface area (Å²) >= 11 is 6.66. The van der Waals surface area contributed by atoms with Gasteiger partial charge in [0, 0.05) is 5.88 Å². The van der Waals surface area contributed by atoms with Gasteiger partial charge in [-0.25, -0.2) is 8.42 Å². The Bertz CT molecular complexity index is 364. The van der Waals surface area contributed by atoms with Crippen molar-refractivity contribution >= 4 is 38.1 Å². The number of hydrogen-bond acceptors (Lipinski definition) is 5. The molecule has 0 amide bonds. The second-order valence-electron chi connectivity index (χ2n) is 2.89. The van der Waals surface area contributed by atoms with Gasteiger partial charge in [0.1, 0.15) is 5.51 Å². The summed E-state index contributed by atoms with van der Waals surface area (Å²) < 4.78 is 25.2. The van der Waals surface area contributed by atoms with E-state index in [-0.39, 0.29) is 16.8 Å². The molecule has 0 aliphatic carbocycles. The highest BCUT2D eigenvalue weighted by Gasteiger charge is 2.16. The van der Waals surface area contributed by atoms with Gasteiger partial charge in [0.05, 0.1) is 5.75 Å². The molecule has 0 saturated carbocycles. The number of alkyl halides is 1. The first-order valence-corrected chi connectivity index (χ1v) is 6.93. The summed E-state index contributed by atoms with van der Waals surface area (Å²) in [6, 6.07) is 0. The third-order valence-electron chi connectivity index (χ3n) is 1.37. The molecule has 0 aliphatic heterocycles. The molecular formula is C6H10ClN3O2S2. The number of sulfonamides is 1. The van der Waals surface area contributed by atoms with Crippen molar-refractivity contribution in [2.24, 2.45) is 5.92 Å². The molecule has 1 heterocycles. The number of rotatable bonds is 5. The fourth-order valence-electron chi connectivity index (χ4n) is 0.811. The maximum Gasteiger partial charge on any atom is 0.234 e. The van der Waals surface area contributed by atoms with Crippen LogP contribution in [0.3, 0.4) is 0 Å². The van der Waals surface area contributed by atoms with E-state index in [0.717, 1.165) is 11.3 Å². The summed E-state index contributed by atoms with van der Waals surface area (Å²) in [6.45, 7) is 1.77. The zero-order valence-corrected chi connectivity index (χ0v) is 9.86. The summed E-state index contributed by atoms with van der Waals surface area (Å²) in [7, 11) is -3.34. The molecular weight excluding hydrogens is 246 g/mol. The molecule has 1 aromatic heterocycles. The standard InChI is InChI=1S/C6H10ClN3O2S2/c1-5(2-7)3-14(11,12)10-6-9-8-4-13-6/h4-5H,2-3H2,1H3,(H,9,10). The van der Waals surface area contributed by atoms with Crippen molar-refractivity contribution in [2.75, 3.05) is 16.4 Å². The van der Waals surface area contributed by atoms with Gasteiger partial charge in [-0.05, 0) is 5.92 Å². The van der Waals surface area contributed by atoms with E-state index in [0.29, 0.717) is 5.88 Å². The first-order valence-electron chi connectivity index (χ1n) is 3.86. The van der Waals surface area contributed by atoms with Crippen molar-refractivity contribution in [3.63, 3.8) is 0 Å². The summed E-state index contributed by atoms with van der Waals surface area (Å²) in [6.07, 6.45) is 0. The van der Waals surface area contributed by atoms with Crippen LogP contribution in [0.25, 0.3) is 0 Å². The second kappa shape index (κ2) is 4.90. The monoisotopic (exact) mass is 255 g/mol. The number of aromatic nitrogens is 2. The lowest BCUT2D eigenvalue weighted by Gasteiger charge is -2.08. The normalized spacial score (nSPS) is 13.9. The van der Waals surface area contributed by atoms with Gasteiger partial charge in [-0.15, -0.1) is 21.8 Å². The Hall–Kier alpha value is -0.400. The van der Waals surface area contributed by atoms with E-state index in [1.54, 1.807) is 6.92 Å². The molecule has 0 saturated heterocycles. The van der Waals surface area contributed by atoms with Crippen molar-refractivity contribution in [1.29, 1.82) is 0 Å². The first kappa shape index (κ1) is 11.7. The molecule has 8 heteroatoms. The van der Waals surface area contributed by atoms with Gasteiger partial charge in [-0.1, -0.05) is 18.3 Å². The highest BCUT2D eigenvalue weighted by molar-refractivity contribution is 7.92. The predicted octanol–water partition coefficient (Wildman–Crippen LogP) is 1.15. The summed E-state index contributed by atoms with van der Waals surface area (Å²) in [5.74, 6) is 0.231. The maximum absolute atomic E-state index is 11.4. The van der Waals surface area contributed by atoms with Crippen LogP contribution in [0.1, 0.15) is 6.92 Å². The summed E-state index contributed by atoms with van der Waals surface area (Å²) in [5.41, 5.74) is 1.46. The van der Waals surface area contributed by atoms with Gasteiger partial charge in [0.15, 0.2) is 0 Å². The van der Waals surface area contributed by atoms with E-state index in [1.165, 1.54) is 5.51 Å². The Kier molecular flexibility index (Phi) is 4.09. The van der Waals surface area contributed by atoms with E-state index in [2.05, 4.69) is 14.9 Å². The van der Waals surface area contributed by atoms with Crippen LogP contribution in [0.4, 0.5) is 5.13 Å². The molecule has 80 valence electrons. The minimum atomic E-state index is -3.34. The summed E-state index contributed by atoms with van der Waals surface area (Å²) in [5, 5.41) is 7.39. The molecule has 1 aromatic rings. The molecule has 0 fully saturated rings. The fraction of sp³-hybridized carbons (Fsp3) is 0.667. The smallest absolute Gasteiger partial charge is 0.234 e. The van der Waals surface area contributed by atoms with Crippen LogP contribution >= 0.6 is 22.9 Å².